The topological polar surface area (TPSA) is 49.4 Å². The second kappa shape index (κ2) is 8.06. The molecule has 4 nitrogen and oxygen atoms in total. The van der Waals surface area contributed by atoms with Crippen molar-refractivity contribution in [3.63, 3.8) is 0 Å². The van der Waals surface area contributed by atoms with Crippen molar-refractivity contribution in [2.24, 2.45) is 0 Å². The van der Waals surface area contributed by atoms with E-state index in [9.17, 15) is 14.0 Å². The average Bonchev–Trinajstić information content (AvgIpc) is 2.54. The predicted octanol–water partition coefficient (Wildman–Crippen LogP) is 3.24. The second-order valence-corrected chi connectivity index (χ2v) is 5.50. The molecular weight excluding hydrogens is 307 g/mol. The molecule has 1 N–H and O–H groups in total. The zero-order valence-corrected chi connectivity index (χ0v) is 13.6. The van der Waals surface area contributed by atoms with Crippen LogP contribution >= 0.6 is 0 Å². The minimum Gasteiger partial charge on any atom is -0.333 e. The normalized spacial score (nSPS) is 10.6. The minimum absolute atomic E-state index is 0.0889. The van der Waals surface area contributed by atoms with E-state index in [0.29, 0.717) is 5.69 Å². The van der Waals surface area contributed by atoms with Gasteiger partial charge in [-0.05, 0) is 42.8 Å². The van der Waals surface area contributed by atoms with Crippen LogP contribution in [-0.2, 0) is 9.59 Å². The Bertz CT molecular complexity index is 754. The fourth-order valence-electron chi connectivity index (χ4n) is 2.10. The number of nitrogens with one attached hydrogen (secondary N) is 1. The van der Waals surface area contributed by atoms with E-state index >= 15 is 0 Å². The van der Waals surface area contributed by atoms with E-state index in [-0.39, 0.29) is 24.2 Å². The zero-order valence-electron chi connectivity index (χ0n) is 13.6. The quantitative estimate of drug-likeness (QED) is 0.858. The van der Waals surface area contributed by atoms with Crippen LogP contribution in [0.2, 0.25) is 0 Å². The summed E-state index contributed by atoms with van der Waals surface area (Å²) in [5.41, 5.74) is 2.52. The van der Waals surface area contributed by atoms with Crippen LogP contribution in [0.5, 0.6) is 0 Å². The number of likely N-dealkylation sites (N-methyl/N-ethyl adjacent to an activating group) is 1. The van der Waals surface area contributed by atoms with Gasteiger partial charge in [-0.25, -0.2) is 4.39 Å². The standard InChI is InChI=1S/C19H19FN2O2/c1-14-4-3-5-15(12-14)6-11-19(24)22(2)13-18(23)21-17-9-7-16(20)8-10-17/h3-12H,13H2,1-2H3,(H,21,23)/b11-6+. The van der Waals surface area contributed by atoms with E-state index in [2.05, 4.69) is 5.32 Å². The molecule has 0 heterocycles. The third-order valence-corrected chi connectivity index (χ3v) is 3.35. The number of rotatable bonds is 5. The Hall–Kier alpha value is -2.95. The van der Waals surface area contributed by atoms with Crippen molar-refractivity contribution in [3.8, 4) is 0 Å². The molecule has 0 saturated heterocycles. The molecule has 0 saturated carbocycles. The van der Waals surface area contributed by atoms with Gasteiger partial charge in [0.2, 0.25) is 11.8 Å². The summed E-state index contributed by atoms with van der Waals surface area (Å²) in [4.78, 5) is 25.3. The summed E-state index contributed by atoms with van der Waals surface area (Å²) >= 11 is 0. The summed E-state index contributed by atoms with van der Waals surface area (Å²) < 4.78 is 12.8. The van der Waals surface area contributed by atoms with Gasteiger partial charge < -0.3 is 10.2 Å². The van der Waals surface area contributed by atoms with Gasteiger partial charge in [0.05, 0.1) is 6.54 Å². The highest BCUT2D eigenvalue weighted by Gasteiger charge is 2.10. The maximum Gasteiger partial charge on any atom is 0.246 e. The van der Waals surface area contributed by atoms with Gasteiger partial charge in [-0.15, -0.1) is 0 Å². The van der Waals surface area contributed by atoms with Crippen molar-refractivity contribution < 1.29 is 14.0 Å². The molecule has 0 fully saturated rings. The third-order valence-electron chi connectivity index (χ3n) is 3.35. The molecule has 5 heteroatoms. The van der Waals surface area contributed by atoms with Gasteiger partial charge in [0.25, 0.3) is 0 Å². The van der Waals surface area contributed by atoms with E-state index in [0.717, 1.165) is 11.1 Å². The Labute approximate surface area is 140 Å². The van der Waals surface area contributed by atoms with Crippen molar-refractivity contribution in [1.29, 1.82) is 0 Å². The fraction of sp³-hybridized carbons (Fsp3) is 0.158. The van der Waals surface area contributed by atoms with Crippen LogP contribution in [0.3, 0.4) is 0 Å². The first-order valence-electron chi connectivity index (χ1n) is 7.49. The molecule has 0 aromatic heterocycles. The number of anilines is 1. The lowest BCUT2D eigenvalue weighted by atomic mass is 10.1. The van der Waals surface area contributed by atoms with Crippen LogP contribution in [0, 0.1) is 12.7 Å². The van der Waals surface area contributed by atoms with Crippen LogP contribution in [-0.4, -0.2) is 30.3 Å². The highest BCUT2D eigenvalue weighted by atomic mass is 19.1. The number of halogens is 1. The molecule has 0 aliphatic carbocycles. The SMILES string of the molecule is Cc1cccc(/C=C/C(=O)N(C)CC(=O)Nc2ccc(F)cc2)c1. The lowest BCUT2D eigenvalue weighted by molar-refractivity contribution is -0.129. The Morgan fingerprint density at radius 1 is 1.17 bits per heavy atom. The number of hydrogen-bond acceptors (Lipinski definition) is 2. The molecule has 2 amide bonds. The maximum atomic E-state index is 12.8. The molecule has 0 atom stereocenters. The van der Waals surface area contributed by atoms with Crippen molar-refractivity contribution in [2.75, 3.05) is 18.9 Å². The van der Waals surface area contributed by atoms with E-state index in [1.54, 1.807) is 13.1 Å². The number of nitrogens with zero attached hydrogens (tertiary/aromatic N) is 1. The molecule has 124 valence electrons. The van der Waals surface area contributed by atoms with Crippen LogP contribution in [0.15, 0.2) is 54.6 Å². The summed E-state index contributed by atoms with van der Waals surface area (Å²) in [6.45, 7) is 1.89. The van der Waals surface area contributed by atoms with Gasteiger partial charge >= 0.3 is 0 Å². The van der Waals surface area contributed by atoms with Gasteiger partial charge in [-0.3, -0.25) is 9.59 Å². The van der Waals surface area contributed by atoms with E-state index < -0.39 is 0 Å². The molecular formula is C19H19FN2O2. The summed E-state index contributed by atoms with van der Waals surface area (Å²) in [6.07, 6.45) is 3.14. The third kappa shape index (κ3) is 5.35. The number of aryl methyl sites for hydroxylation is 1. The van der Waals surface area contributed by atoms with Crippen LogP contribution in [0.4, 0.5) is 10.1 Å². The average molecular weight is 326 g/mol. The monoisotopic (exact) mass is 326 g/mol. The van der Waals surface area contributed by atoms with Gasteiger partial charge in [-0.1, -0.05) is 29.8 Å². The molecule has 2 aromatic carbocycles. The Morgan fingerprint density at radius 2 is 1.88 bits per heavy atom. The van der Waals surface area contributed by atoms with Gasteiger partial charge in [-0.2, -0.15) is 0 Å². The van der Waals surface area contributed by atoms with Crippen molar-refractivity contribution in [2.45, 2.75) is 6.92 Å². The highest BCUT2D eigenvalue weighted by molar-refractivity contribution is 5.97. The molecule has 0 aliphatic rings. The van der Waals surface area contributed by atoms with E-state index in [1.807, 2.05) is 31.2 Å². The molecule has 2 rings (SSSR count). The number of hydrogen-bond donors (Lipinski definition) is 1. The van der Waals surface area contributed by atoms with Crippen LogP contribution in [0.1, 0.15) is 11.1 Å². The first-order valence-corrected chi connectivity index (χ1v) is 7.49. The van der Waals surface area contributed by atoms with Gasteiger partial charge in [0.15, 0.2) is 0 Å². The Kier molecular flexibility index (Phi) is 5.84. The molecule has 0 unspecified atom stereocenters. The largest absolute Gasteiger partial charge is 0.333 e. The molecule has 0 aliphatic heterocycles. The van der Waals surface area contributed by atoms with Crippen molar-refractivity contribution in [1.82, 2.24) is 4.90 Å². The summed E-state index contributed by atoms with van der Waals surface area (Å²) in [5, 5.41) is 2.61. The first-order chi connectivity index (χ1) is 11.4. The lowest BCUT2D eigenvalue weighted by Crippen LogP contribution is -2.33. The van der Waals surface area contributed by atoms with Gasteiger partial charge in [0.1, 0.15) is 5.82 Å². The molecule has 24 heavy (non-hydrogen) atoms. The van der Waals surface area contributed by atoms with Crippen LogP contribution in [0.25, 0.3) is 6.08 Å². The van der Waals surface area contributed by atoms with E-state index in [4.69, 9.17) is 0 Å². The van der Waals surface area contributed by atoms with Crippen LogP contribution < -0.4 is 5.32 Å². The number of carbonyl (C=O) groups is 2. The smallest absolute Gasteiger partial charge is 0.246 e. The first kappa shape index (κ1) is 17.4. The number of benzene rings is 2. The Balaban J connectivity index is 1.88. The number of amides is 2. The lowest BCUT2D eigenvalue weighted by Gasteiger charge is -2.14. The molecule has 0 bridgehead atoms. The zero-order chi connectivity index (χ0) is 17.5. The Morgan fingerprint density at radius 3 is 2.54 bits per heavy atom. The highest BCUT2D eigenvalue weighted by Crippen LogP contribution is 2.08. The summed E-state index contributed by atoms with van der Waals surface area (Å²) in [6, 6.07) is 13.2. The predicted molar refractivity (Wildman–Crippen MR) is 92.9 cm³/mol. The van der Waals surface area contributed by atoms with Gasteiger partial charge in [0, 0.05) is 18.8 Å². The van der Waals surface area contributed by atoms with E-state index in [1.165, 1.54) is 35.2 Å². The van der Waals surface area contributed by atoms with Crippen molar-refractivity contribution in [3.05, 3.63) is 71.6 Å². The van der Waals surface area contributed by atoms with Crippen molar-refractivity contribution >= 4 is 23.6 Å². The fourth-order valence-corrected chi connectivity index (χ4v) is 2.10. The summed E-state index contributed by atoms with van der Waals surface area (Å²) in [5.74, 6) is -0.992. The number of carbonyl (C=O) groups excluding carboxylic acids is 2. The maximum absolute atomic E-state index is 12.8. The minimum atomic E-state index is -0.374. The summed E-state index contributed by atoms with van der Waals surface area (Å²) in [7, 11) is 1.55. The molecule has 0 spiro atoms. The molecule has 2 aromatic rings. The second-order valence-electron chi connectivity index (χ2n) is 5.50. The molecule has 0 radical (unpaired) electrons.